The Bertz CT molecular complexity index is 490. The molecule has 2 fully saturated rings. The summed E-state index contributed by atoms with van der Waals surface area (Å²) in [6.07, 6.45) is 6.13. The van der Waals surface area contributed by atoms with Gasteiger partial charge >= 0.3 is 6.03 Å². The number of urea groups is 1. The van der Waals surface area contributed by atoms with Crippen molar-refractivity contribution in [2.75, 3.05) is 26.2 Å². The number of thiazole rings is 1. The quantitative estimate of drug-likeness (QED) is 0.930. The first-order valence-electron chi connectivity index (χ1n) is 8.39. The molecular formula is C16H26N4OS. The SMILES string of the molecule is Cc1nc(CN2CCN(C(=O)NC3CCCCC3)CC2)cs1. The second-order valence-corrected chi connectivity index (χ2v) is 7.47. The lowest BCUT2D eigenvalue weighted by atomic mass is 9.96. The van der Waals surface area contributed by atoms with E-state index >= 15 is 0 Å². The van der Waals surface area contributed by atoms with Crippen molar-refractivity contribution in [3.05, 3.63) is 16.1 Å². The van der Waals surface area contributed by atoms with Crippen molar-refractivity contribution >= 4 is 17.4 Å². The highest BCUT2D eigenvalue weighted by Crippen LogP contribution is 2.18. The average molecular weight is 322 g/mol. The number of nitrogens with one attached hydrogen (secondary N) is 1. The largest absolute Gasteiger partial charge is 0.335 e. The standard InChI is InChI=1S/C16H26N4OS/c1-13-17-15(12-22-13)11-19-7-9-20(10-8-19)16(21)18-14-5-3-2-4-6-14/h12,14H,2-11H2,1H3,(H,18,21). The second kappa shape index (κ2) is 7.42. The van der Waals surface area contributed by atoms with Gasteiger partial charge in [0.25, 0.3) is 0 Å². The van der Waals surface area contributed by atoms with Gasteiger partial charge in [-0.05, 0) is 19.8 Å². The molecule has 0 atom stereocenters. The molecule has 1 saturated carbocycles. The minimum atomic E-state index is 0.135. The van der Waals surface area contributed by atoms with Crippen LogP contribution in [0.25, 0.3) is 0 Å². The zero-order valence-electron chi connectivity index (χ0n) is 13.4. The number of nitrogens with zero attached hydrogens (tertiary/aromatic N) is 3. The van der Waals surface area contributed by atoms with Gasteiger partial charge in [-0.2, -0.15) is 0 Å². The Morgan fingerprint density at radius 1 is 1.27 bits per heavy atom. The minimum Gasteiger partial charge on any atom is -0.335 e. The van der Waals surface area contributed by atoms with Gasteiger partial charge in [0.15, 0.2) is 0 Å². The number of rotatable bonds is 3. The molecule has 0 bridgehead atoms. The molecule has 0 radical (unpaired) electrons. The van der Waals surface area contributed by atoms with Gasteiger partial charge in [0.2, 0.25) is 0 Å². The number of amides is 2. The molecule has 2 aliphatic rings. The summed E-state index contributed by atoms with van der Waals surface area (Å²) in [5.41, 5.74) is 1.16. The summed E-state index contributed by atoms with van der Waals surface area (Å²) < 4.78 is 0. The topological polar surface area (TPSA) is 48.5 Å². The fraction of sp³-hybridized carbons (Fsp3) is 0.750. The Morgan fingerprint density at radius 3 is 2.64 bits per heavy atom. The molecule has 122 valence electrons. The number of hydrogen-bond donors (Lipinski definition) is 1. The number of aromatic nitrogens is 1. The van der Waals surface area contributed by atoms with E-state index < -0.39 is 0 Å². The minimum absolute atomic E-state index is 0.135. The summed E-state index contributed by atoms with van der Waals surface area (Å²) in [4.78, 5) is 21.2. The molecule has 1 saturated heterocycles. The molecule has 0 aromatic carbocycles. The van der Waals surface area contributed by atoms with Crippen LogP contribution in [0.2, 0.25) is 0 Å². The van der Waals surface area contributed by atoms with Crippen molar-refractivity contribution in [2.45, 2.75) is 51.6 Å². The molecule has 1 aromatic heterocycles. The van der Waals surface area contributed by atoms with Crippen molar-refractivity contribution < 1.29 is 4.79 Å². The highest BCUT2D eigenvalue weighted by atomic mass is 32.1. The van der Waals surface area contributed by atoms with Crippen LogP contribution in [0.15, 0.2) is 5.38 Å². The molecule has 1 aliphatic heterocycles. The summed E-state index contributed by atoms with van der Waals surface area (Å²) in [5.74, 6) is 0. The maximum absolute atomic E-state index is 12.3. The first-order chi connectivity index (χ1) is 10.7. The first-order valence-corrected chi connectivity index (χ1v) is 9.27. The lowest BCUT2D eigenvalue weighted by Gasteiger charge is -2.35. The van der Waals surface area contributed by atoms with Crippen LogP contribution in [0.4, 0.5) is 4.79 Å². The molecular weight excluding hydrogens is 296 g/mol. The lowest BCUT2D eigenvalue weighted by molar-refractivity contribution is 0.131. The van der Waals surface area contributed by atoms with Crippen LogP contribution >= 0.6 is 11.3 Å². The molecule has 0 spiro atoms. The van der Waals surface area contributed by atoms with Crippen LogP contribution in [0.1, 0.15) is 42.8 Å². The number of carbonyl (C=O) groups is 1. The number of hydrogen-bond acceptors (Lipinski definition) is 4. The van der Waals surface area contributed by atoms with Gasteiger partial charge < -0.3 is 10.2 Å². The number of carbonyl (C=O) groups excluding carboxylic acids is 1. The van der Waals surface area contributed by atoms with E-state index in [9.17, 15) is 4.79 Å². The Hall–Kier alpha value is -1.14. The van der Waals surface area contributed by atoms with Crippen LogP contribution in [0.3, 0.4) is 0 Å². The average Bonchev–Trinajstić information content (AvgIpc) is 2.94. The third-order valence-corrected chi connectivity index (χ3v) is 5.47. The van der Waals surface area contributed by atoms with E-state index in [0.29, 0.717) is 6.04 Å². The van der Waals surface area contributed by atoms with Crippen molar-refractivity contribution in [1.82, 2.24) is 20.1 Å². The maximum Gasteiger partial charge on any atom is 0.317 e. The van der Waals surface area contributed by atoms with Crippen LogP contribution in [0, 0.1) is 6.92 Å². The molecule has 2 amide bonds. The van der Waals surface area contributed by atoms with E-state index in [1.54, 1.807) is 11.3 Å². The number of piperazine rings is 1. The van der Waals surface area contributed by atoms with Crippen LogP contribution < -0.4 is 5.32 Å². The first kappa shape index (κ1) is 15.7. The molecule has 6 heteroatoms. The fourth-order valence-corrected chi connectivity index (χ4v) is 3.94. The Kier molecular flexibility index (Phi) is 5.31. The molecule has 22 heavy (non-hydrogen) atoms. The van der Waals surface area contributed by atoms with Crippen molar-refractivity contribution in [2.24, 2.45) is 0 Å². The van der Waals surface area contributed by atoms with E-state index in [1.807, 2.05) is 11.8 Å². The molecule has 1 aromatic rings. The lowest BCUT2D eigenvalue weighted by Crippen LogP contribution is -2.53. The van der Waals surface area contributed by atoms with E-state index in [-0.39, 0.29) is 6.03 Å². The van der Waals surface area contributed by atoms with Crippen molar-refractivity contribution in [1.29, 1.82) is 0 Å². The summed E-state index contributed by atoms with van der Waals surface area (Å²) >= 11 is 1.71. The third-order valence-electron chi connectivity index (χ3n) is 4.64. The summed E-state index contributed by atoms with van der Waals surface area (Å²) in [6, 6.07) is 0.535. The molecule has 2 heterocycles. The molecule has 1 aliphatic carbocycles. The molecule has 1 N–H and O–H groups in total. The smallest absolute Gasteiger partial charge is 0.317 e. The number of aryl methyl sites for hydroxylation is 1. The fourth-order valence-electron chi connectivity index (χ4n) is 3.33. The predicted molar refractivity (Wildman–Crippen MR) is 89.1 cm³/mol. The van der Waals surface area contributed by atoms with Gasteiger partial charge in [-0.15, -0.1) is 11.3 Å². The van der Waals surface area contributed by atoms with E-state index in [4.69, 9.17) is 0 Å². The summed E-state index contributed by atoms with van der Waals surface area (Å²) in [6.45, 7) is 6.47. The Balaban J connectivity index is 1.41. The Labute approximate surface area is 136 Å². The van der Waals surface area contributed by atoms with E-state index in [2.05, 4.69) is 20.6 Å². The predicted octanol–water partition coefficient (Wildman–Crippen LogP) is 2.61. The zero-order valence-corrected chi connectivity index (χ0v) is 14.2. The van der Waals surface area contributed by atoms with Crippen LogP contribution in [0.5, 0.6) is 0 Å². The van der Waals surface area contributed by atoms with Crippen molar-refractivity contribution in [3.63, 3.8) is 0 Å². The molecule has 0 unspecified atom stereocenters. The summed E-state index contributed by atoms with van der Waals surface area (Å²) in [7, 11) is 0. The van der Waals surface area contributed by atoms with Crippen molar-refractivity contribution in [3.8, 4) is 0 Å². The maximum atomic E-state index is 12.3. The molecule has 3 rings (SSSR count). The zero-order chi connectivity index (χ0) is 15.4. The highest BCUT2D eigenvalue weighted by molar-refractivity contribution is 7.09. The van der Waals surface area contributed by atoms with Crippen LogP contribution in [-0.4, -0.2) is 53.0 Å². The third kappa shape index (κ3) is 4.20. The monoisotopic (exact) mass is 322 g/mol. The van der Waals surface area contributed by atoms with E-state index in [0.717, 1.165) is 56.3 Å². The summed E-state index contributed by atoms with van der Waals surface area (Å²) in [5, 5.41) is 6.48. The van der Waals surface area contributed by atoms with Gasteiger partial charge in [-0.25, -0.2) is 9.78 Å². The van der Waals surface area contributed by atoms with E-state index in [1.165, 1.54) is 19.3 Å². The van der Waals surface area contributed by atoms with Gasteiger partial charge in [0, 0.05) is 44.1 Å². The Morgan fingerprint density at radius 2 is 2.00 bits per heavy atom. The molecule has 5 nitrogen and oxygen atoms in total. The van der Waals surface area contributed by atoms with Gasteiger partial charge in [-0.1, -0.05) is 19.3 Å². The second-order valence-electron chi connectivity index (χ2n) is 6.41. The van der Waals surface area contributed by atoms with Crippen LogP contribution in [-0.2, 0) is 6.54 Å². The van der Waals surface area contributed by atoms with Gasteiger partial charge in [0.1, 0.15) is 0 Å². The highest BCUT2D eigenvalue weighted by Gasteiger charge is 2.24. The van der Waals surface area contributed by atoms with Gasteiger partial charge in [0.05, 0.1) is 10.7 Å². The van der Waals surface area contributed by atoms with Gasteiger partial charge in [-0.3, -0.25) is 4.90 Å². The normalized spacial score (nSPS) is 21.0.